The number of rotatable bonds is 6. The largest absolute Gasteiger partial charge is 0.447 e. The molecule has 2 atom stereocenters. The molecular weight excluding hydrogens is 425 g/mol. The standard InChI is InChI=1S/C20H21ClFN7O2/c1-4-14-10-31-20(30)29(14)19-25-12(3)24-18(27-19)23-11(2)16-9-28(17(22)26-16)15-7-5-13(21)6-8-15/h5-9,11,14H,4,10H2,1-3H3,(H,23,24,25,27)/t11-,14-/m0/s1. The minimum atomic E-state index is -0.649. The van der Waals surface area contributed by atoms with Gasteiger partial charge in [-0.05, 0) is 44.5 Å². The Morgan fingerprint density at radius 1 is 1.26 bits per heavy atom. The van der Waals surface area contributed by atoms with Gasteiger partial charge >= 0.3 is 6.09 Å². The Balaban J connectivity index is 1.57. The van der Waals surface area contributed by atoms with Crippen LogP contribution in [-0.4, -0.2) is 43.2 Å². The maximum absolute atomic E-state index is 14.4. The van der Waals surface area contributed by atoms with E-state index in [0.717, 1.165) is 0 Å². The van der Waals surface area contributed by atoms with E-state index < -0.39 is 18.2 Å². The lowest BCUT2D eigenvalue weighted by atomic mass is 10.2. The highest BCUT2D eigenvalue weighted by atomic mass is 35.5. The molecule has 31 heavy (non-hydrogen) atoms. The molecule has 1 aliphatic heterocycles. The van der Waals surface area contributed by atoms with Crippen molar-refractivity contribution in [2.24, 2.45) is 0 Å². The van der Waals surface area contributed by atoms with Crippen LogP contribution in [0.4, 0.5) is 21.1 Å². The number of carbonyl (C=O) groups is 1. The number of nitrogens with zero attached hydrogens (tertiary/aromatic N) is 6. The van der Waals surface area contributed by atoms with Crippen LogP contribution in [-0.2, 0) is 4.74 Å². The van der Waals surface area contributed by atoms with E-state index in [2.05, 4.69) is 25.3 Å². The van der Waals surface area contributed by atoms with E-state index in [0.29, 0.717) is 35.3 Å². The molecule has 0 spiro atoms. The summed E-state index contributed by atoms with van der Waals surface area (Å²) in [4.78, 5) is 30.5. The van der Waals surface area contributed by atoms with Crippen LogP contribution >= 0.6 is 11.6 Å². The summed E-state index contributed by atoms with van der Waals surface area (Å²) in [7, 11) is 0. The van der Waals surface area contributed by atoms with Gasteiger partial charge in [-0.1, -0.05) is 18.5 Å². The third-order valence-electron chi connectivity index (χ3n) is 4.96. The number of aryl methyl sites for hydroxylation is 1. The van der Waals surface area contributed by atoms with Gasteiger partial charge in [0.05, 0.1) is 17.8 Å². The van der Waals surface area contributed by atoms with E-state index in [1.165, 1.54) is 9.47 Å². The lowest BCUT2D eigenvalue weighted by Gasteiger charge is -2.19. The van der Waals surface area contributed by atoms with Crippen molar-refractivity contribution < 1.29 is 13.9 Å². The predicted molar refractivity (Wildman–Crippen MR) is 113 cm³/mol. The molecule has 4 rings (SSSR count). The third kappa shape index (κ3) is 4.29. The summed E-state index contributed by atoms with van der Waals surface area (Å²) in [6.07, 6.45) is 1.16. The number of amides is 1. The van der Waals surface area contributed by atoms with Gasteiger partial charge in [0, 0.05) is 16.9 Å². The highest BCUT2D eigenvalue weighted by Gasteiger charge is 2.35. The summed E-state index contributed by atoms with van der Waals surface area (Å²) in [5.41, 5.74) is 1.06. The van der Waals surface area contributed by atoms with Gasteiger partial charge in [-0.15, -0.1) is 0 Å². The predicted octanol–water partition coefficient (Wildman–Crippen LogP) is 4.07. The third-order valence-corrected chi connectivity index (χ3v) is 5.21. The summed E-state index contributed by atoms with van der Waals surface area (Å²) < 4.78 is 20.9. The van der Waals surface area contributed by atoms with Gasteiger partial charge in [0.25, 0.3) is 6.08 Å². The summed E-state index contributed by atoms with van der Waals surface area (Å²) in [5, 5.41) is 3.67. The van der Waals surface area contributed by atoms with Gasteiger partial charge in [-0.25, -0.2) is 14.7 Å². The van der Waals surface area contributed by atoms with E-state index in [9.17, 15) is 9.18 Å². The molecule has 3 aromatic rings. The van der Waals surface area contributed by atoms with Crippen molar-refractivity contribution in [3.63, 3.8) is 0 Å². The lowest BCUT2D eigenvalue weighted by Crippen LogP contribution is -2.34. The maximum Gasteiger partial charge on any atom is 0.417 e. The van der Waals surface area contributed by atoms with E-state index in [4.69, 9.17) is 16.3 Å². The molecule has 2 aromatic heterocycles. The van der Waals surface area contributed by atoms with Gasteiger partial charge in [-0.3, -0.25) is 4.57 Å². The van der Waals surface area contributed by atoms with E-state index >= 15 is 0 Å². The lowest BCUT2D eigenvalue weighted by molar-refractivity contribution is 0.178. The number of aromatic nitrogens is 5. The van der Waals surface area contributed by atoms with Gasteiger partial charge in [0.15, 0.2) is 0 Å². The number of imidazole rings is 1. The van der Waals surface area contributed by atoms with Crippen LogP contribution < -0.4 is 10.2 Å². The van der Waals surface area contributed by atoms with Crippen molar-refractivity contribution in [1.29, 1.82) is 0 Å². The fourth-order valence-electron chi connectivity index (χ4n) is 3.28. The summed E-state index contributed by atoms with van der Waals surface area (Å²) in [5.74, 6) is 0.910. The minimum absolute atomic E-state index is 0.135. The van der Waals surface area contributed by atoms with Crippen molar-refractivity contribution in [2.75, 3.05) is 16.8 Å². The highest BCUT2D eigenvalue weighted by molar-refractivity contribution is 6.30. The van der Waals surface area contributed by atoms with Gasteiger partial charge in [0.2, 0.25) is 11.9 Å². The van der Waals surface area contributed by atoms with Crippen molar-refractivity contribution in [1.82, 2.24) is 24.5 Å². The number of cyclic esters (lactones) is 1. The average Bonchev–Trinajstić information content (AvgIpc) is 3.30. The number of anilines is 2. The molecule has 3 heterocycles. The number of benzene rings is 1. The van der Waals surface area contributed by atoms with Crippen LogP contribution in [0, 0.1) is 13.0 Å². The van der Waals surface area contributed by atoms with Gasteiger partial charge in [0.1, 0.15) is 12.4 Å². The highest BCUT2D eigenvalue weighted by Crippen LogP contribution is 2.24. The molecule has 162 valence electrons. The van der Waals surface area contributed by atoms with Crippen molar-refractivity contribution >= 4 is 29.6 Å². The number of hydrogen-bond acceptors (Lipinski definition) is 7. The molecule has 1 aliphatic rings. The van der Waals surface area contributed by atoms with Crippen LogP contribution in [0.1, 0.15) is 37.8 Å². The van der Waals surface area contributed by atoms with Crippen LogP contribution in [0.2, 0.25) is 5.02 Å². The van der Waals surface area contributed by atoms with Crippen LogP contribution in [0.25, 0.3) is 5.69 Å². The fourth-order valence-corrected chi connectivity index (χ4v) is 3.41. The molecule has 0 unspecified atom stereocenters. The second-order valence-electron chi connectivity index (χ2n) is 7.16. The first-order valence-electron chi connectivity index (χ1n) is 9.81. The number of halogens is 2. The molecule has 1 amide bonds. The molecule has 9 nitrogen and oxygen atoms in total. The zero-order valence-corrected chi connectivity index (χ0v) is 18.0. The van der Waals surface area contributed by atoms with Crippen LogP contribution in [0.5, 0.6) is 0 Å². The molecule has 0 saturated carbocycles. The monoisotopic (exact) mass is 445 g/mol. The maximum atomic E-state index is 14.4. The van der Waals surface area contributed by atoms with Crippen LogP contribution in [0.3, 0.4) is 0 Å². The summed E-state index contributed by atoms with van der Waals surface area (Å²) in [6.45, 7) is 5.77. The second-order valence-corrected chi connectivity index (χ2v) is 7.60. The Morgan fingerprint density at radius 3 is 2.71 bits per heavy atom. The molecule has 0 radical (unpaired) electrons. The molecule has 11 heteroatoms. The first-order chi connectivity index (χ1) is 14.9. The Kier molecular flexibility index (Phi) is 5.73. The normalized spacial score (nSPS) is 17.0. The average molecular weight is 446 g/mol. The van der Waals surface area contributed by atoms with Crippen LogP contribution in [0.15, 0.2) is 30.5 Å². The SMILES string of the molecule is CC[C@H]1COC(=O)N1c1nc(C)nc(N[C@@H](C)c2cn(-c3ccc(Cl)cc3)c(F)n2)n1. The minimum Gasteiger partial charge on any atom is -0.447 e. The number of hydrogen-bond donors (Lipinski definition) is 1. The molecule has 1 N–H and O–H groups in total. The van der Waals surface area contributed by atoms with Crippen molar-refractivity contribution in [3.05, 3.63) is 53.1 Å². The second kappa shape index (κ2) is 8.46. The molecule has 1 aromatic carbocycles. The van der Waals surface area contributed by atoms with Gasteiger partial charge < -0.3 is 10.1 Å². The van der Waals surface area contributed by atoms with E-state index in [-0.39, 0.29) is 17.9 Å². The Morgan fingerprint density at radius 2 is 2.00 bits per heavy atom. The zero-order valence-electron chi connectivity index (χ0n) is 17.2. The smallest absolute Gasteiger partial charge is 0.417 e. The summed E-state index contributed by atoms with van der Waals surface area (Å²) >= 11 is 5.90. The van der Waals surface area contributed by atoms with Gasteiger partial charge in [-0.2, -0.15) is 19.3 Å². The molecule has 0 bridgehead atoms. The number of nitrogens with one attached hydrogen (secondary N) is 1. The quantitative estimate of drug-likeness (QED) is 0.610. The zero-order chi connectivity index (χ0) is 22.1. The fraction of sp³-hybridized carbons (Fsp3) is 0.350. The summed E-state index contributed by atoms with van der Waals surface area (Å²) in [6, 6.07) is 6.22. The Hall–Kier alpha value is -3.27. The molecule has 0 aliphatic carbocycles. The first-order valence-corrected chi connectivity index (χ1v) is 10.2. The number of ether oxygens (including phenoxy) is 1. The molecule has 1 saturated heterocycles. The Bertz CT molecular complexity index is 1110. The molecular formula is C20H21ClFN7O2. The first kappa shape index (κ1) is 21.0. The van der Waals surface area contributed by atoms with Crippen molar-refractivity contribution in [2.45, 2.75) is 39.3 Å². The molecule has 1 fully saturated rings. The van der Waals surface area contributed by atoms with E-state index in [1.54, 1.807) is 37.4 Å². The number of carbonyl (C=O) groups excluding carboxylic acids is 1. The van der Waals surface area contributed by atoms with Crippen molar-refractivity contribution in [3.8, 4) is 5.69 Å². The van der Waals surface area contributed by atoms with E-state index in [1.807, 2.05) is 13.8 Å². The Labute approximate surface area is 183 Å². The topological polar surface area (TPSA) is 98.1 Å².